The van der Waals surface area contributed by atoms with Gasteiger partial charge >= 0.3 is 11.7 Å². The van der Waals surface area contributed by atoms with Gasteiger partial charge in [-0.1, -0.05) is 11.2 Å². The molecule has 0 fully saturated rings. The zero-order valence-electron chi connectivity index (χ0n) is 22.0. The van der Waals surface area contributed by atoms with E-state index in [0.717, 1.165) is 22.6 Å². The molecule has 2 aromatic carbocycles. The fraction of sp³-hybridized carbons (Fsp3) is 0.214. The lowest BCUT2D eigenvalue weighted by Crippen LogP contribution is -2.34. The van der Waals surface area contributed by atoms with Crippen molar-refractivity contribution >= 4 is 34.4 Å². The number of nitrogens with one attached hydrogen (secondary N) is 2. The van der Waals surface area contributed by atoms with Gasteiger partial charge in [-0.25, -0.2) is 14.8 Å². The predicted octanol–water partition coefficient (Wildman–Crippen LogP) is 3.52. The van der Waals surface area contributed by atoms with Crippen LogP contribution in [0.5, 0.6) is 0 Å². The molecule has 5 rings (SSSR count). The number of hydrogen-bond donors (Lipinski definition) is 2. The lowest BCUT2D eigenvalue weighted by Gasteiger charge is -2.21. The summed E-state index contributed by atoms with van der Waals surface area (Å²) in [6, 6.07) is 18.0. The van der Waals surface area contributed by atoms with Crippen LogP contribution in [0.3, 0.4) is 0 Å². The van der Waals surface area contributed by atoms with Gasteiger partial charge in [0.25, 0.3) is 5.91 Å². The molecule has 2 N–H and O–H groups in total. The summed E-state index contributed by atoms with van der Waals surface area (Å²) in [5.41, 5.74) is 3.54. The molecular weight excluding hydrogens is 514 g/mol. The Labute approximate surface area is 228 Å². The molecule has 0 spiro atoms. The van der Waals surface area contributed by atoms with Crippen LogP contribution in [-0.2, 0) is 23.1 Å². The van der Waals surface area contributed by atoms with Crippen LogP contribution in [0.2, 0.25) is 0 Å². The predicted molar refractivity (Wildman–Crippen MR) is 148 cm³/mol. The number of nitrogens with zero attached hydrogens (tertiary/aromatic N) is 5. The van der Waals surface area contributed by atoms with Crippen LogP contribution in [0.15, 0.2) is 76.2 Å². The van der Waals surface area contributed by atoms with Crippen LogP contribution in [0.25, 0.3) is 22.4 Å². The van der Waals surface area contributed by atoms with Crippen molar-refractivity contribution in [2.45, 2.75) is 19.9 Å². The molecule has 12 nitrogen and oxygen atoms in total. The highest BCUT2D eigenvalue weighted by Crippen LogP contribution is 2.22. The number of amides is 1. The van der Waals surface area contributed by atoms with E-state index in [1.807, 2.05) is 41.9 Å². The first-order chi connectivity index (χ1) is 19.4. The Morgan fingerprint density at radius 2 is 1.95 bits per heavy atom. The molecule has 1 amide bonds. The summed E-state index contributed by atoms with van der Waals surface area (Å²) < 4.78 is 11.5. The van der Waals surface area contributed by atoms with Gasteiger partial charge in [-0.15, -0.1) is 0 Å². The minimum Gasteiger partial charge on any atom is -0.466 e. The van der Waals surface area contributed by atoms with Gasteiger partial charge in [0.15, 0.2) is 5.82 Å². The topological polar surface area (TPSA) is 148 Å². The van der Waals surface area contributed by atoms with E-state index >= 15 is 0 Å². The number of ether oxygens (including phenoxy) is 1. The van der Waals surface area contributed by atoms with Crippen molar-refractivity contribution in [1.82, 2.24) is 24.7 Å². The van der Waals surface area contributed by atoms with Crippen molar-refractivity contribution in [3.63, 3.8) is 0 Å². The van der Waals surface area contributed by atoms with Crippen molar-refractivity contribution < 1.29 is 18.8 Å². The van der Waals surface area contributed by atoms with Crippen molar-refractivity contribution in [3.05, 3.63) is 88.8 Å². The Bertz CT molecular complexity index is 1690. The number of aromatic amines is 1. The monoisotopic (exact) mass is 541 g/mol. The highest BCUT2D eigenvalue weighted by Gasteiger charge is 2.21. The van der Waals surface area contributed by atoms with Gasteiger partial charge in [-0.2, -0.15) is 0 Å². The number of imidazole rings is 1. The van der Waals surface area contributed by atoms with Gasteiger partial charge in [0.1, 0.15) is 11.6 Å². The van der Waals surface area contributed by atoms with E-state index in [1.54, 1.807) is 43.5 Å². The third kappa shape index (κ3) is 5.75. The summed E-state index contributed by atoms with van der Waals surface area (Å²) >= 11 is 0. The standard InChI is InChI=1S/C28H27N7O5/c1-3-39-25(36)13-15-35(23-6-4-5-14-29-23)27(37)19-9-12-22-21(16-19)31-24(34(22)2)17-30-20-10-7-18(8-11-20)26-32-28(38)40-33-26/h4-12,14,16,30H,3,13,15,17H2,1-2H3,(H,32,33,38). The Morgan fingerprint density at radius 3 is 2.65 bits per heavy atom. The number of carbonyl (C=O) groups excluding carboxylic acids is 2. The molecule has 0 bridgehead atoms. The maximum absolute atomic E-state index is 13.6. The van der Waals surface area contributed by atoms with Gasteiger partial charge in [-0.3, -0.25) is 24.0 Å². The third-order valence-corrected chi connectivity index (χ3v) is 6.29. The Kier molecular flexibility index (Phi) is 7.67. The number of aryl methyl sites for hydroxylation is 1. The smallest absolute Gasteiger partial charge is 0.439 e. The zero-order valence-corrected chi connectivity index (χ0v) is 22.0. The molecule has 3 heterocycles. The van der Waals surface area contributed by atoms with Crippen molar-refractivity contribution in [2.24, 2.45) is 7.05 Å². The molecule has 0 aliphatic carbocycles. The second kappa shape index (κ2) is 11.6. The van der Waals surface area contributed by atoms with E-state index in [0.29, 0.717) is 29.3 Å². The molecular formula is C28H27N7O5. The van der Waals surface area contributed by atoms with Gasteiger partial charge in [0, 0.05) is 36.6 Å². The highest BCUT2D eigenvalue weighted by atomic mass is 16.5. The number of anilines is 2. The van der Waals surface area contributed by atoms with Gasteiger partial charge in [0.2, 0.25) is 0 Å². The van der Waals surface area contributed by atoms with Crippen LogP contribution in [-0.4, -0.2) is 49.7 Å². The number of H-pyrrole nitrogens is 1. The number of aromatic nitrogens is 5. The maximum atomic E-state index is 13.6. The van der Waals surface area contributed by atoms with Crippen LogP contribution < -0.4 is 16.0 Å². The van der Waals surface area contributed by atoms with E-state index in [1.165, 1.54) is 4.90 Å². The lowest BCUT2D eigenvalue weighted by molar-refractivity contribution is -0.142. The average molecular weight is 542 g/mol. The van der Waals surface area contributed by atoms with E-state index in [2.05, 4.69) is 25.0 Å². The minimum atomic E-state index is -0.606. The Balaban J connectivity index is 1.32. The van der Waals surface area contributed by atoms with E-state index in [4.69, 9.17) is 9.72 Å². The SMILES string of the molecule is CCOC(=O)CCN(C(=O)c1ccc2c(c1)nc(CNc1ccc(-c3noc(=O)[nH]3)cc1)n2C)c1ccccn1. The molecule has 0 aliphatic heterocycles. The molecule has 5 aromatic rings. The fourth-order valence-electron chi connectivity index (χ4n) is 4.25. The summed E-state index contributed by atoms with van der Waals surface area (Å²) in [5, 5.41) is 7.03. The van der Waals surface area contributed by atoms with Crippen LogP contribution in [0.4, 0.5) is 11.5 Å². The number of hydrogen-bond acceptors (Lipinski definition) is 9. The van der Waals surface area contributed by atoms with Crippen molar-refractivity contribution in [2.75, 3.05) is 23.4 Å². The van der Waals surface area contributed by atoms with E-state index < -0.39 is 5.76 Å². The summed E-state index contributed by atoms with van der Waals surface area (Å²) in [6.45, 7) is 2.59. The summed E-state index contributed by atoms with van der Waals surface area (Å²) in [4.78, 5) is 49.8. The molecule has 12 heteroatoms. The average Bonchev–Trinajstić information content (AvgIpc) is 3.55. The number of pyridine rings is 1. The largest absolute Gasteiger partial charge is 0.466 e. The van der Waals surface area contributed by atoms with Crippen molar-refractivity contribution in [3.8, 4) is 11.4 Å². The minimum absolute atomic E-state index is 0.0509. The van der Waals surface area contributed by atoms with Crippen LogP contribution >= 0.6 is 0 Å². The molecule has 0 saturated heterocycles. The number of benzene rings is 2. The molecule has 0 aliphatic rings. The summed E-state index contributed by atoms with van der Waals surface area (Å²) in [6.07, 6.45) is 1.65. The number of carbonyl (C=O) groups is 2. The van der Waals surface area contributed by atoms with Crippen LogP contribution in [0, 0.1) is 0 Å². The first kappa shape index (κ1) is 26.4. The normalized spacial score (nSPS) is 10.9. The Morgan fingerprint density at radius 1 is 1.12 bits per heavy atom. The van der Waals surface area contributed by atoms with E-state index in [9.17, 15) is 14.4 Å². The number of rotatable bonds is 10. The zero-order chi connectivity index (χ0) is 28.1. The van der Waals surface area contributed by atoms with E-state index in [-0.39, 0.29) is 31.4 Å². The third-order valence-electron chi connectivity index (χ3n) is 6.29. The lowest BCUT2D eigenvalue weighted by atomic mass is 10.1. The molecule has 0 radical (unpaired) electrons. The van der Waals surface area contributed by atoms with Gasteiger partial charge in [0.05, 0.1) is 30.6 Å². The molecule has 204 valence electrons. The maximum Gasteiger partial charge on any atom is 0.439 e. The molecule has 0 saturated carbocycles. The highest BCUT2D eigenvalue weighted by molar-refractivity contribution is 6.07. The quantitative estimate of drug-likeness (QED) is 0.253. The number of fused-ring (bicyclic) bond motifs is 1. The number of esters is 1. The molecule has 0 atom stereocenters. The second-order valence-corrected chi connectivity index (χ2v) is 8.86. The summed E-state index contributed by atoms with van der Waals surface area (Å²) in [5.74, 6) is 0.307. The first-order valence-electron chi connectivity index (χ1n) is 12.7. The molecule has 40 heavy (non-hydrogen) atoms. The fourth-order valence-corrected chi connectivity index (χ4v) is 4.25. The first-order valence-corrected chi connectivity index (χ1v) is 12.7. The Hall–Kier alpha value is -5.26. The summed E-state index contributed by atoms with van der Waals surface area (Å²) in [7, 11) is 1.91. The van der Waals surface area contributed by atoms with Gasteiger partial charge in [-0.05, 0) is 61.5 Å². The van der Waals surface area contributed by atoms with Gasteiger partial charge < -0.3 is 14.6 Å². The molecule has 0 unspecified atom stereocenters. The van der Waals surface area contributed by atoms with Crippen LogP contribution in [0.1, 0.15) is 29.5 Å². The van der Waals surface area contributed by atoms with Crippen molar-refractivity contribution in [1.29, 1.82) is 0 Å². The second-order valence-electron chi connectivity index (χ2n) is 8.86. The molecule has 3 aromatic heterocycles.